The van der Waals surface area contributed by atoms with E-state index in [2.05, 4.69) is 46.4 Å². The lowest BCUT2D eigenvalue weighted by Crippen LogP contribution is -2.44. The molecule has 22 heavy (non-hydrogen) atoms. The van der Waals surface area contributed by atoms with E-state index in [0.717, 1.165) is 51.6 Å². The van der Waals surface area contributed by atoms with Gasteiger partial charge in [-0.15, -0.1) is 24.0 Å². The highest BCUT2D eigenvalue weighted by molar-refractivity contribution is 14.0. The Morgan fingerprint density at radius 3 is 2.77 bits per heavy atom. The van der Waals surface area contributed by atoms with Gasteiger partial charge < -0.3 is 15.0 Å². The Morgan fingerprint density at radius 2 is 2.05 bits per heavy atom. The molecule has 0 bridgehead atoms. The lowest BCUT2D eigenvalue weighted by Gasteiger charge is -2.31. The van der Waals surface area contributed by atoms with E-state index < -0.39 is 0 Å². The van der Waals surface area contributed by atoms with E-state index in [1.807, 2.05) is 7.05 Å². The van der Waals surface area contributed by atoms with E-state index in [4.69, 9.17) is 4.74 Å². The van der Waals surface area contributed by atoms with Gasteiger partial charge in [0.25, 0.3) is 0 Å². The smallest absolute Gasteiger partial charge is 0.194 e. The van der Waals surface area contributed by atoms with Crippen molar-refractivity contribution in [3.63, 3.8) is 0 Å². The van der Waals surface area contributed by atoms with Crippen LogP contribution in [0.1, 0.15) is 30.9 Å². The summed E-state index contributed by atoms with van der Waals surface area (Å²) >= 11 is 0. The quantitative estimate of drug-likeness (QED) is 0.335. The number of ether oxygens (including phenoxy) is 1. The van der Waals surface area contributed by atoms with Crippen molar-refractivity contribution in [2.75, 3.05) is 33.4 Å². The molecule has 0 spiro atoms. The van der Waals surface area contributed by atoms with Crippen LogP contribution in [0.15, 0.2) is 29.3 Å². The van der Waals surface area contributed by atoms with Crippen molar-refractivity contribution in [2.24, 2.45) is 4.99 Å². The normalized spacial score (nSPS) is 14.3. The van der Waals surface area contributed by atoms with Crippen molar-refractivity contribution in [3.05, 3.63) is 35.4 Å². The molecule has 0 amide bonds. The van der Waals surface area contributed by atoms with Crippen molar-refractivity contribution in [2.45, 2.75) is 32.7 Å². The predicted molar refractivity (Wildman–Crippen MR) is 103 cm³/mol. The van der Waals surface area contributed by atoms with Gasteiger partial charge in [-0.2, -0.15) is 0 Å². The molecule has 2 rings (SSSR count). The second-order valence-electron chi connectivity index (χ2n) is 5.38. The maximum atomic E-state index is 5.58. The number of benzene rings is 1. The van der Waals surface area contributed by atoms with Crippen LogP contribution < -0.4 is 5.32 Å². The Hall–Kier alpha value is -0.820. The van der Waals surface area contributed by atoms with Crippen LogP contribution in [0.5, 0.6) is 0 Å². The van der Waals surface area contributed by atoms with E-state index in [1.54, 1.807) is 0 Å². The second kappa shape index (κ2) is 10.8. The van der Waals surface area contributed by atoms with Crippen LogP contribution in [-0.2, 0) is 17.7 Å². The molecule has 0 unspecified atom stereocenters. The minimum Gasteiger partial charge on any atom is -0.380 e. The van der Waals surface area contributed by atoms with E-state index in [1.165, 1.54) is 17.5 Å². The van der Waals surface area contributed by atoms with Crippen molar-refractivity contribution < 1.29 is 4.74 Å². The Kier molecular flexibility index (Phi) is 9.47. The molecule has 124 valence electrons. The summed E-state index contributed by atoms with van der Waals surface area (Å²) in [5.74, 6) is 0.976. The van der Waals surface area contributed by atoms with Crippen molar-refractivity contribution in [3.8, 4) is 0 Å². The fraction of sp³-hybridized carbons (Fsp3) is 0.588. The minimum atomic E-state index is 0. The number of unbranched alkanes of at least 4 members (excludes halogenated alkanes) is 1. The molecule has 1 aliphatic rings. The number of fused-ring (bicyclic) bond motifs is 1. The van der Waals surface area contributed by atoms with E-state index in [0.29, 0.717) is 0 Å². The van der Waals surface area contributed by atoms with Gasteiger partial charge >= 0.3 is 0 Å². The largest absolute Gasteiger partial charge is 0.380 e. The summed E-state index contributed by atoms with van der Waals surface area (Å²) in [5.41, 5.74) is 2.87. The highest BCUT2D eigenvalue weighted by Gasteiger charge is 2.18. The first-order valence-electron chi connectivity index (χ1n) is 7.95. The zero-order valence-corrected chi connectivity index (χ0v) is 16.0. The standard InChI is InChI=1S/C17H27N3O.HI/c1-3-4-12-21-13-10-19-17(18-2)20-11-9-15-7-5-6-8-16(15)14-20;/h5-8H,3-4,9-14H2,1-2H3,(H,18,19);1H. The molecule has 1 aromatic rings. The van der Waals surface area contributed by atoms with Crippen molar-refractivity contribution in [1.82, 2.24) is 10.2 Å². The van der Waals surface area contributed by atoms with Gasteiger partial charge in [0.2, 0.25) is 0 Å². The third kappa shape index (κ3) is 5.76. The van der Waals surface area contributed by atoms with Gasteiger partial charge in [-0.25, -0.2) is 0 Å². The van der Waals surface area contributed by atoms with Gasteiger partial charge in [-0.3, -0.25) is 4.99 Å². The molecule has 4 nitrogen and oxygen atoms in total. The maximum absolute atomic E-state index is 5.58. The molecular formula is C17H28IN3O. The number of halogens is 1. The van der Waals surface area contributed by atoms with Gasteiger partial charge in [0.1, 0.15) is 0 Å². The molecule has 5 heteroatoms. The molecule has 0 fully saturated rings. The first kappa shape index (κ1) is 19.2. The predicted octanol–water partition coefficient (Wildman–Crippen LogP) is 3.05. The first-order chi connectivity index (χ1) is 10.3. The van der Waals surface area contributed by atoms with E-state index in [-0.39, 0.29) is 24.0 Å². The van der Waals surface area contributed by atoms with Crippen LogP contribution in [0, 0.1) is 0 Å². The lowest BCUT2D eigenvalue weighted by molar-refractivity contribution is 0.135. The average molecular weight is 417 g/mol. The summed E-state index contributed by atoms with van der Waals surface area (Å²) < 4.78 is 5.58. The Balaban J connectivity index is 0.00000242. The maximum Gasteiger partial charge on any atom is 0.194 e. The number of aliphatic imine (C=N–C) groups is 1. The minimum absolute atomic E-state index is 0. The summed E-state index contributed by atoms with van der Waals surface area (Å²) in [6.07, 6.45) is 3.41. The summed E-state index contributed by atoms with van der Waals surface area (Å²) in [5, 5.41) is 3.40. The number of nitrogens with zero attached hydrogens (tertiary/aromatic N) is 2. The van der Waals surface area contributed by atoms with Crippen molar-refractivity contribution in [1.29, 1.82) is 0 Å². The summed E-state index contributed by atoms with van der Waals surface area (Å²) in [6, 6.07) is 8.67. The van der Waals surface area contributed by atoms with Gasteiger partial charge in [0.15, 0.2) is 5.96 Å². The Morgan fingerprint density at radius 1 is 1.27 bits per heavy atom. The fourth-order valence-electron chi connectivity index (χ4n) is 2.59. The lowest BCUT2D eigenvalue weighted by atomic mass is 10.0. The molecule has 0 radical (unpaired) electrons. The monoisotopic (exact) mass is 417 g/mol. The third-order valence-corrected chi connectivity index (χ3v) is 3.81. The number of guanidine groups is 1. The molecule has 1 heterocycles. The third-order valence-electron chi connectivity index (χ3n) is 3.81. The van der Waals surface area contributed by atoms with Gasteiger partial charge in [-0.1, -0.05) is 37.6 Å². The SMILES string of the molecule is CCCCOCCNC(=NC)N1CCc2ccccc2C1.I. The van der Waals surface area contributed by atoms with Crippen LogP contribution in [0.2, 0.25) is 0 Å². The van der Waals surface area contributed by atoms with Crippen LogP contribution >= 0.6 is 24.0 Å². The molecule has 0 aromatic heterocycles. The van der Waals surface area contributed by atoms with Crippen LogP contribution in [0.3, 0.4) is 0 Å². The summed E-state index contributed by atoms with van der Waals surface area (Å²) in [4.78, 5) is 6.71. The summed E-state index contributed by atoms with van der Waals surface area (Å²) in [6.45, 7) is 6.55. The zero-order chi connectivity index (χ0) is 14.9. The molecule has 0 saturated carbocycles. The molecule has 0 aliphatic carbocycles. The summed E-state index contributed by atoms with van der Waals surface area (Å²) in [7, 11) is 1.85. The number of hydrogen-bond acceptors (Lipinski definition) is 2. The molecule has 1 aliphatic heterocycles. The number of nitrogens with one attached hydrogen (secondary N) is 1. The number of rotatable bonds is 6. The van der Waals surface area contributed by atoms with Crippen LogP contribution in [0.25, 0.3) is 0 Å². The van der Waals surface area contributed by atoms with Gasteiger partial charge in [0.05, 0.1) is 6.61 Å². The van der Waals surface area contributed by atoms with Crippen LogP contribution in [0.4, 0.5) is 0 Å². The van der Waals surface area contributed by atoms with E-state index >= 15 is 0 Å². The highest BCUT2D eigenvalue weighted by Crippen LogP contribution is 2.18. The average Bonchev–Trinajstić information content (AvgIpc) is 2.54. The molecular weight excluding hydrogens is 389 g/mol. The Labute approximate surface area is 151 Å². The molecule has 0 saturated heterocycles. The van der Waals surface area contributed by atoms with Crippen molar-refractivity contribution >= 4 is 29.9 Å². The number of hydrogen-bond donors (Lipinski definition) is 1. The molecule has 1 aromatic carbocycles. The topological polar surface area (TPSA) is 36.9 Å². The fourth-order valence-corrected chi connectivity index (χ4v) is 2.59. The Bertz CT molecular complexity index is 465. The molecule has 0 atom stereocenters. The van der Waals surface area contributed by atoms with Gasteiger partial charge in [-0.05, 0) is 24.0 Å². The zero-order valence-electron chi connectivity index (χ0n) is 13.7. The second-order valence-corrected chi connectivity index (χ2v) is 5.38. The molecule has 1 N–H and O–H groups in total. The first-order valence-corrected chi connectivity index (χ1v) is 7.95. The van der Waals surface area contributed by atoms with Crippen LogP contribution in [-0.4, -0.2) is 44.2 Å². The highest BCUT2D eigenvalue weighted by atomic mass is 127. The van der Waals surface area contributed by atoms with Gasteiger partial charge in [0, 0.05) is 33.3 Å². The van der Waals surface area contributed by atoms with E-state index in [9.17, 15) is 0 Å².